The Morgan fingerprint density at radius 3 is 2.52 bits per heavy atom. The summed E-state index contributed by atoms with van der Waals surface area (Å²) in [7, 11) is 0. The number of nitrogens with one attached hydrogen (secondary N) is 1. The zero-order valence-electron chi connectivity index (χ0n) is 13.2. The largest absolute Gasteiger partial charge is 0.399 e. The van der Waals surface area contributed by atoms with Crippen molar-refractivity contribution in [1.82, 2.24) is 10.2 Å². The van der Waals surface area contributed by atoms with Crippen LogP contribution in [0.3, 0.4) is 0 Å². The van der Waals surface area contributed by atoms with Crippen LogP contribution in [-0.4, -0.2) is 49.6 Å². The van der Waals surface area contributed by atoms with Crippen molar-refractivity contribution in [2.24, 2.45) is 0 Å². The van der Waals surface area contributed by atoms with Gasteiger partial charge in [-0.2, -0.15) is 0 Å². The van der Waals surface area contributed by atoms with Gasteiger partial charge in [0.05, 0.1) is 11.3 Å². The van der Waals surface area contributed by atoms with E-state index in [0.717, 1.165) is 31.9 Å². The number of carbonyl (C=O) groups is 1. The van der Waals surface area contributed by atoms with Gasteiger partial charge < -0.3 is 16.0 Å². The molecule has 0 unspecified atom stereocenters. The summed E-state index contributed by atoms with van der Waals surface area (Å²) in [4.78, 5) is 16.9. The number of rotatable bonds is 4. The van der Waals surface area contributed by atoms with Crippen LogP contribution in [-0.2, 0) is 0 Å². The van der Waals surface area contributed by atoms with E-state index in [4.69, 9.17) is 5.73 Å². The molecule has 0 saturated carbocycles. The van der Waals surface area contributed by atoms with Crippen molar-refractivity contribution in [3.8, 4) is 0 Å². The number of hydrogen-bond acceptors (Lipinski definition) is 4. The minimum atomic E-state index is -0.0289. The van der Waals surface area contributed by atoms with Crippen molar-refractivity contribution in [3.05, 3.63) is 23.8 Å². The third-order valence-electron chi connectivity index (χ3n) is 3.99. The van der Waals surface area contributed by atoms with E-state index in [2.05, 4.69) is 29.0 Å². The van der Waals surface area contributed by atoms with Crippen LogP contribution in [0.25, 0.3) is 0 Å². The van der Waals surface area contributed by atoms with Gasteiger partial charge in [0.2, 0.25) is 0 Å². The molecule has 1 amide bonds. The molecule has 0 aliphatic carbocycles. The third-order valence-corrected chi connectivity index (χ3v) is 3.99. The second-order valence-electron chi connectivity index (χ2n) is 5.75. The summed E-state index contributed by atoms with van der Waals surface area (Å²) < 4.78 is 0. The van der Waals surface area contributed by atoms with Crippen LogP contribution in [0.15, 0.2) is 18.2 Å². The molecule has 5 nitrogen and oxygen atoms in total. The maximum absolute atomic E-state index is 12.2. The Kier molecular flexibility index (Phi) is 5.07. The molecule has 0 spiro atoms. The van der Waals surface area contributed by atoms with Crippen molar-refractivity contribution in [2.75, 3.05) is 43.4 Å². The topological polar surface area (TPSA) is 61.6 Å². The Balaban J connectivity index is 2.19. The Hall–Kier alpha value is -1.75. The molecule has 1 saturated heterocycles. The van der Waals surface area contributed by atoms with Crippen molar-refractivity contribution >= 4 is 17.3 Å². The lowest BCUT2D eigenvalue weighted by molar-refractivity contribution is 0.0956. The molecule has 0 aromatic heterocycles. The zero-order valence-corrected chi connectivity index (χ0v) is 13.2. The number of nitrogen functional groups attached to an aromatic ring is 1. The summed E-state index contributed by atoms with van der Waals surface area (Å²) in [5.41, 5.74) is 8.27. The highest BCUT2D eigenvalue weighted by Gasteiger charge is 2.22. The number of benzene rings is 1. The monoisotopic (exact) mass is 290 g/mol. The van der Waals surface area contributed by atoms with Crippen LogP contribution in [0.5, 0.6) is 0 Å². The number of hydrogen-bond donors (Lipinski definition) is 2. The summed E-state index contributed by atoms with van der Waals surface area (Å²) in [5, 5.41) is 2.87. The average Bonchev–Trinajstić information content (AvgIpc) is 2.47. The van der Waals surface area contributed by atoms with Crippen LogP contribution in [0, 0.1) is 0 Å². The van der Waals surface area contributed by atoms with Crippen LogP contribution < -0.4 is 16.0 Å². The molecule has 116 valence electrons. The van der Waals surface area contributed by atoms with E-state index in [9.17, 15) is 4.79 Å². The SMILES string of the molecule is CCNC(=O)c1ccc(N)cc1N1CCN(C(C)C)CC1. The second-order valence-corrected chi connectivity index (χ2v) is 5.75. The van der Waals surface area contributed by atoms with Gasteiger partial charge in [0.1, 0.15) is 0 Å². The van der Waals surface area contributed by atoms with Crippen LogP contribution >= 0.6 is 0 Å². The molecule has 1 aromatic carbocycles. The Labute approximate surface area is 127 Å². The summed E-state index contributed by atoms with van der Waals surface area (Å²) in [5.74, 6) is -0.0289. The summed E-state index contributed by atoms with van der Waals surface area (Å²) in [6.45, 7) is 10.9. The molecule has 1 heterocycles. The quantitative estimate of drug-likeness (QED) is 0.826. The van der Waals surface area contributed by atoms with Gasteiger partial charge in [-0.3, -0.25) is 9.69 Å². The molecule has 0 bridgehead atoms. The van der Waals surface area contributed by atoms with Crippen molar-refractivity contribution in [1.29, 1.82) is 0 Å². The highest BCUT2D eigenvalue weighted by molar-refractivity contribution is 6.00. The van der Waals surface area contributed by atoms with E-state index in [-0.39, 0.29) is 5.91 Å². The maximum atomic E-state index is 12.2. The van der Waals surface area contributed by atoms with Gasteiger partial charge >= 0.3 is 0 Å². The van der Waals surface area contributed by atoms with Crippen LogP contribution in [0.4, 0.5) is 11.4 Å². The molecule has 1 aromatic rings. The fourth-order valence-corrected chi connectivity index (χ4v) is 2.74. The van der Waals surface area contributed by atoms with Gasteiger partial charge in [0.25, 0.3) is 5.91 Å². The van der Waals surface area contributed by atoms with E-state index in [1.165, 1.54) is 0 Å². The minimum absolute atomic E-state index is 0.0289. The average molecular weight is 290 g/mol. The number of amides is 1. The Morgan fingerprint density at radius 1 is 1.29 bits per heavy atom. The summed E-state index contributed by atoms with van der Waals surface area (Å²) >= 11 is 0. The van der Waals surface area contributed by atoms with E-state index < -0.39 is 0 Å². The Morgan fingerprint density at radius 2 is 1.95 bits per heavy atom. The first-order chi connectivity index (χ1) is 10.0. The van der Waals surface area contributed by atoms with Gasteiger partial charge in [-0.05, 0) is 39.0 Å². The fourth-order valence-electron chi connectivity index (χ4n) is 2.74. The van der Waals surface area contributed by atoms with Gasteiger partial charge in [0, 0.05) is 44.5 Å². The first-order valence-corrected chi connectivity index (χ1v) is 7.69. The standard InChI is InChI=1S/C16H26N4O/c1-4-18-16(21)14-6-5-13(17)11-15(14)20-9-7-19(8-10-20)12(2)3/h5-6,11-12H,4,7-10,17H2,1-3H3,(H,18,21). The second kappa shape index (κ2) is 6.80. The van der Waals surface area contributed by atoms with Crippen LogP contribution in [0.1, 0.15) is 31.1 Å². The maximum Gasteiger partial charge on any atom is 0.253 e. The molecule has 0 radical (unpaired) electrons. The van der Waals surface area contributed by atoms with Crippen molar-refractivity contribution < 1.29 is 4.79 Å². The fraction of sp³-hybridized carbons (Fsp3) is 0.562. The van der Waals surface area contributed by atoms with Crippen molar-refractivity contribution in [3.63, 3.8) is 0 Å². The van der Waals surface area contributed by atoms with E-state index in [1.54, 1.807) is 6.07 Å². The van der Waals surface area contributed by atoms with E-state index in [1.807, 2.05) is 19.1 Å². The van der Waals surface area contributed by atoms with Gasteiger partial charge in [-0.25, -0.2) is 0 Å². The lowest BCUT2D eigenvalue weighted by Crippen LogP contribution is -2.49. The molecule has 3 N–H and O–H groups in total. The number of nitrogens with two attached hydrogens (primary N) is 1. The highest BCUT2D eigenvalue weighted by atomic mass is 16.1. The van der Waals surface area contributed by atoms with E-state index >= 15 is 0 Å². The summed E-state index contributed by atoms with van der Waals surface area (Å²) in [6.07, 6.45) is 0. The molecule has 5 heteroatoms. The normalized spacial score (nSPS) is 16.3. The molecular formula is C16H26N4O. The van der Waals surface area contributed by atoms with E-state index in [0.29, 0.717) is 23.8 Å². The first-order valence-electron chi connectivity index (χ1n) is 7.69. The molecule has 1 aliphatic heterocycles. The zero-order chi connectivity index (χ0) is 15.4. The summed E-state index contributed by atoms with van der Waals surface area (Å²) in [6, 6.07) is 6.09. The van der Waals surface area contributed by atoms with Crippen molar-refractivity contribution in [2.45, 2.75) is 26.8 Å². The predicted octanol–water partition coefficient (Wildman–Crippen LogP) is 1.55. The first kappa shape index (κ1) is 15.6. The molecule has 1 aliphatic rings. The molecule has 21 heavy (non-hydrogen) atoms. The number of nitrogens with zero attached hydrogens (tertiary/aromatic N) is 2. The van der Waals surface area contributed by atoms with Gasteiger partial charge in [-0.15, -0.1) is 0 Å². The molecule has 0 atom stereocenters. The van der Waals surface area contributed by atoms with Gasteiger partial charge in [-0.1, -0.05) is 0 Å². The highest BCUT2D eigenvalue weighted by Crippen LogP contribution is 2.25. The molecule has 2 rings (SSSR count). The Bertz CT molecular complexity index is 493. The smallest absolute Gasteiger partial charge is 0.253 e. The van der Waals surface area contributed by atoms with Gasteiger partial charge in [0.15, 0.2) is 0 Å². The number of carbonyl (C=O) groups excluding carboxylic acids is 1. The predicted molar refractivity (Wildman–Crippen MR) is 87.8 cm³/mol. The van der Waals surface area contributed by atoms with Crippen LogP contribution in [0.2, 0.25) is 0 Å². The minimum Gasteiger partial charge on any atom is -0.399 e. The lowest BCUT2D eigenvalue weighted by Gasteiger charge is -2.38. The molecular weight excluding hydrogens is 264 g/mol. The third kappa shape index (κ3) is 3.67. The number of piperazine rings is 1. The lowest BCUT2D eigenvalue weighted by atomic mass is 10.1. The number of anilines is 2. The molecule has 1 fully saturated rings.